The van der Waals surface area contributed by atoms with E-state index in [4.69, 9.17) is 4.74 Å². The van der Waals surface area contributed by atoms with Gasteiger partial charge in [-0.2, -0.15) is 0 Å². The lowest BCUT2D eigenvalue weighted by atomic mass is 10.1. The highest BCUT2D eigenvalue weighted by atomic mass is 16.5. The molecule has 14 heavy (non-hydrogen) atoms. The number of nitrogens with zero attached hydrogens (tertiary/aromatic N) is 1. The fourth-order valence-electron chi connectivity index (χ4n) is 1.58. The molecule has 5 nitrogen and oxygen atoms in total. The molecule has 0 aromatic carbocycles. The first kappa shape index (κ1) is 11.3. The summed E-state index contributed by atoms with van der Waals surface area (Å²) < 4.78 is 4.94. The van der Waals surface area contributed by atoms with Crippen molar-refractivity contribution in [1.29, 1.82) is 0 Å². The molecule has 5 heteroatoms. The fraction of sp³-hybridized carbons (Fsp3) is 0.778. The van der Waals surface area contributed by atoms with Crippen molar-refractivity contribution in [1.82, 2.24) is 10.2 Å². The van der Waals surface area contributed by atoms with Gasteiger partial charge in [0.1, 0.15) is 0 Å². The smallest absolute Gasteiger partial charge is 0.213 e. The summed E-state index contributed by atoms with van der Waals surface area (Å²) in [6.45, 7) is 3.48. The molecule has 1 fully saturated rings. The predicted octanol–water partition coefficient (Wildman–Crippen LogP) is -1.33. The third kappa shape index (κ3) is 2.87. The number of Topliss-reactive ketones (excluding diaryl/α,β-unsaturated/α-hetero) is 1. The number of nitrogens with one attached hydrogen (secondary N) is 1. The lowest BCUT2D eigenvalue weighted by Crippen LogP contribution is -2.55. The van der Waals surface area contributed by atoms with Gasteiger partial charge in [0.05, 0.1) is 12.6 Å². The van der Waals surface area contributed by atoms with Gasteiger partial charge in [0.15, 0.2) is 6.29 Å². The van der Waals surface area contributed by atoms with Crippen LogP contribution in [0.2, 0.25) is 0 Å². The summed E-state index contributed by atoms with van der Waals surface area (Å²) in [5.41, 5.74) is 0. The average Bonchev–Trinajstić information content (AvgIpc) is 2.25. The number of hydrogen-bond acceptors (Lipinski definition) is 5. The minimum absolute atomic E-state index is 0.309. The minimum Gasteiger partial charge on any atom is -0.383 e. The maximum absolute atomic E-state index is 11.2. The van der Waals surface area contributed by atoms with Crippen LogP contribution in [-0.2, 0) is 14.3 Å². The van der Waals surface area contributed by atoms with Gasteiger partial charge in [-0.15, -0.1) is 0 Å². The molecule has 0 saturated carbocycles. The molecule has 1 rings (SSSR count). The van der Waals surface area contributed by atoms with Gasteiger partial charge >= 0.3 is 0 Å². The Morgan fingerprint density at radius 1 is 1.71 bits per heavy atom. The molecule has 0 aromatic heterocycles. The predicted molar refractivity (Wildman–Crippen MR) is 51.2 cm³/mol. The third-order valence-electron chi connectivity index (χ3n) is 2.38. The van der Waals surface area contributed by atoms with Crippen LogP contribution in [0.4, 0.5) is 0 Å². The van der Waals surface area contributed by atoms with Crippen molar-refractivity contribution >= 4 is 12.1 Å². The van der Waals surface area contributed by atoms with Crippen LogP contribution in [-0.4, -0.2) is 62.9 Å². The lowest BCUT2D eigenvalue weighted by Gasteiger charge is -2.33. The Labute approximate surface area is 83.4 Å². The standard InChI is InChI=1S/C9H16N2O3/c1-14-5-4-11-3-2-10-6-8(11)9(13)7-12/h7-8,10H,2-6H2,1H3. The molecule has 0 aliphatic carbocycles. The van der Waals surface area contributed by atoms with Crippen molar-refractivity contribution < 1.29 is 14.3 Å². The van der Waals surface area contributed by atoms with E-state index >= 15 is 0 Å². The number of piperazine rings is 1. The molecule has 0 aromatic rings. The Morgan fingerprint density at radius 2 is 2.50 bits per heavy atom. The van der Waals surface area contributed by atoms with E-state index in [0.717, 1.165) is 13.1 Å². The van der Waals surface area contributed by atoms with Crippen LogP contribution in [0.15, 0.2) is 0 Å². The summed E-state index contributed by atoms with van der Waals surface area (Å²) in [5, 5.41) is 3.09. The number of carbonyl (C=O) groups is 2. The molecule has 0 bridgehead atoms. The van der Waals surface area contributed by atoms with Crippen molar-refractivity contribution in [2.24, 2.45) is 0 Å². The Bertz CT molecular complexity index is 208. The highest BCUT2D eigenvalue weighted by molar-refractivity contribution is 6.27. The monoisotopic (exact) mass is 200 g/mol. The SMILES string of the molecule is COCCN1CCNCC1C(=O)C=O. The zero-order valence-electron chi connectivity index (χ0n) is 8.36. The van der Waals surface area contributed by atoms with Crippen molar-refractivity contribution in [3.05, 3.63) is 0 Å². The average molecular weight is 200 g/mol. The third-order valence-corrected chi connectivity index (χ3v) is 2.38. The van der Waals surface area contributed by atoms with Crippen molar-refractivity contribution in [3.63, 3.8) is 0 Å². The van der Waals surface area contributed by atoms with Gasteiger partial charge in [0, 0.05) is 33.3 Å². The number of aldehydes is 1. The maximum atomic E-state index is 11.2. The Kier molecular flexibility index (Phi) is 4.72. The topological polar surface area (TPSA) is 58.6 Å². The highest BCUT2D eigenvalue weighted by Crippen LogP contribution is 2.03. The van der Waals surface area contributed by atoms with Gasteiger partial charge in [-0.25, -0.2) is 0 Å². The Morgan fingerprint density at radius 3 is 3.14 bits per heavy atom. The molecule has 80 valence electrons. The largest absolute Gasteiger partial charge is 0.383 e. The van der Waals surface area contributed by atoms with Gasteiger partial charge in [-0.3, -0.25) is 14.5 Å². The van der Waals surface area contributed by atoms with Crippen molar-refractivity contribution in [2.75, 3.05) is 39.9 Å². The van der Waals surface area contributed by atoms with Crippen LogP contribution < -0.4 is 5.32 Å². The lowest BCUT2D eigenvalue weighted by molar-refractivity contribution is -0.134. The number of methoxy groups -OCH3 is 1. The summed E-state index contributed by atoms with van der Waals surface area (Å²) in [7, 11) is 1.62. The molecule has 1 atom stereocenters. The van der Waals surface area contributed by atoms with Crippen LogP contribution >= 0.6 is 0 Å². The normalized spacial score (nSPS) is 23.4. The molecular weight excluding hydrogens is 184 g/mol. The van der Waals surface area contributed by atoms with Crippen LogP contribution in [0.3, 0.4) is 0 Å². The van der Waals surface area contributed by atoms with Crippen molar-refractivity contribution in [3.8, 4) is 0 Å². The Balaban J connectivity index is 2.49. The number of hydrogen-bond donors (Lipinski definition) is 1. The highest BCUT2D eigenvalue weighted by Gasteiger charge is 2.27. The maximum Gasteiger partial charge on any atom is 0.213 e. The van der Waals surface area contributed by atoms with E-state index in [0.29, 0.717) is 26.0 Å². The van der Waals surface area contributed by atoms with Gasteiger partial charge in [-0.05, 0) is 0 Å². The number of ketones is 1. The summed E-state index contributed by atoms with van der Waals surface area (Å²) in [6.07, 6.45) is 0.400. The summed E-state index contributed by atoms with van der Waals surface area (Å²) in [6, 6.07) is -0.309. The first-order valence-corrected chi connectivity index (χ1v) is 4.72. The molecule has 1 unspecified atom stereocenters. The zero-order chi connectivity index (χ0) is 10.4. The fourth-order valence-corrected chi connectivity index (χ4v) is 1.58. The van der Waals surface area contributed by atoms with E-state index in [2.05, 4.69) is 5.32 Å². The number of ether oxygens (including phenoxy) is 1. The summed E-state index contributed by atoms with van der Waals surface area (Å²) >= 11 is 0. The number of rotatable bonds is 5. The first-order valence-electron chi connectivity index (χ1n) is 4.72. The van der Waals surface area contributed by atoms with E-state index in [9.17, 15) is 9.59 Å². The molecule has 1 heterocycles. The van der Waals surface area contributed by atoms with E-state index in [1.807, 2.05) is 4.90 Å². The van der Waals surface area contributed by atoms with E-state index in [-0.39, 0.29) is 11.8 Å². The van der Waals surface area contributed by atoms with Crippen molar-refractivity contribution in [2.45, 2.75) is 6.04 Å². The molecule has 0 amide bonds. The summed E-state index contributed by atoms with van der Waals surface area (Å²) in [4.78, 5) is 23.6. The van der Waals surface area contributed by atoms with Crippen LogP contribution in [0.25, 0.3) is 0 Å². The molecular formula is C9H16N2O3. The molecule has 1 saturated heterocycles. The number of carbonyl (C=O) groups excluding carboxylic acids is 2. The second-order valence-electron chi connectivity index (χ2n) is 3.27. The van der Waals surface area contributed by atoms with E-state index < -0.39 is 0 Å². The molecule has 1 aliphatic rings. The van der Waals surface area contributed by atoms with E-state index in [1.54, 1.807) is 7.11 Å². The van der Waals surface area contributed by atoms with Crippen LogP contribution in [0, 0.1) is 0 Å². The van der Waals surface area contributed by atoms with E-state index in [1.165, 1.54) is 0 Å². The van der Waals surface area contributed by atoms with Gasteiger partial charge in [-0.1, -0.05) is 0 Å². The van der Waals surface area contributed by atoms with Crippen LogP contribution in [0.1, 0.15) is 0 Å². The van der Waals surface area contributed by atoms with Gasteiger partial charge < -0.3 is 10.1 Å². The molecule has 0 radical (unpaired) electrons. The Hall–Kier alpha value is -0.780. The second-order valence-corrected chi connectivity index (χ2v) is 3.27. The first-order chi connectivity index (χ1) is 6.79. The zero-order valence-corrected chi connectivity index (χ0v) is 8.36. The quantitative estimate of drug-likeness (QED) is 0.440. The molecule has 1 N–H and O–H groups in total. The van der Waals surface area contributed by atoms with Crippen LogP contribution in [0.5, 0.6) is 0 Å². The minimum atomic E-state index is -0.353. The summed E-state index contributed by atoms with van der Waals surface area (Å²) in [5.74, 6) is -0.353. The van der Waals surface area contributed by atoms with Gasteiger partial charge in [0.25, 0.3) is 0 Å². The molecule has 0 spiro atoms. The van der Waals surface area contributed by atoms with Gasteiger partial charge in [0.2, 0.25) is 5.78 Å². The second kappa shape index (κ2) is 5.85. The molecule has 1 aliphatic heterocycles.